The van der Waals surface area contributed by atoms with Crippen molar-refractivity contribution in [2.24, 2.45) is 0 Å². The van der Waals surface area contributed by atoms with Crippen LogP contribution >= 0.6 is 11.3 Å². The van der Waals surface area contributed by atoms with Crippen LogP contribution in [0.1, 0.15) is 24.5 Å². The minimum atomic E-state index is 0.207. The Morgan fingerprint density at radius 1 is 1.37 bits per heavy atom. The van der Waals surface area contributed by atoms with Crippen LogP contribution in [0.25, 0.3) is 0 Å². The van der Waals surface area contributed by atoms with Crippen molar-refractivity contribution in [3.8, 4) is 0 Å². The molecule has 3 heteroatoms. The monoisotopic (exact) mass is 271 g/mol. The van der Waals surface area contributed by atoms with E-state index in [1.165, 1.54) is 5.56 Å². The van der Waals surface area contributed by atoms with Gasteiger partial charge in [-0.2, -0.15) is 11.3 Å². The number of anilines is 1. The maximum absolute atomic E-state index is 12.6. The van der Waals surface area contributed by atoms with E-state index in [1.807, 2.05) is 22.4 Å². The molecule has 1 unspecified atom stereocenters. The first-order valence-corrected chi connectivity index (χ1v) is 7.61. The van der Waals surface area contributed by atoms with Crippen LogP contribution in [-0.4, -0.2) is 11.9 Å². The predicted octanol–water partition coefficient (Wildman–Crippen LogP) is 3.66. The molecule has 98 valence electrons. The fraction of sp³-hybridized carbons (Fsp3) is 0.312. The molecule has 2 aromatic rings. The van der Waals surface area contributed by atoms with E-state index in [9.17, 15) is 4.79 Å². The lowest BCUT2D eigenvalue weighted by atomic mass is 9.96. The molecule has 1 aliphatic heterocycles. The third-order valence-electron chi connectivity index (χ3n) is 3.73. The highest BCUT2D eigenvalue weighted by atomic mass is 32.1. The van der Waals surface area contributed by atoms with Crippen LogP contribution in [0.15, 0.2) is 41.1 Å². The van der Waals surface area contributed by atoms with E-state index in [0.29, 0.717) is 12.5 Å². The first kappa shape index (κ1) is 12.4. The van der Waals surface area contributed by atoms with Crippen LogP contribution in [0.5, 0.6) is 0 Å². The molecule has 19 heavy (non-hydrogen) atoms. The number of hydrogen-bond donors (Lipinski definition) is 0. The zero-order chi connectivity index (χ0) is 13.2. The molecule has 1 aromatic heterocycles. The van der Waals surface area contributed by atoms with Gasteiger partial charge in [-0.15, -0.1) is 0 Å². The lowest BCUT2D eigenvalue weighted by Crippen LogP contribution is -2.42. The number of nitrogens with zero attached hydrogens (tertiary/aromatic N) is 1. The number of rotatable bonds is 2. The Balaban J connectivity index is 1.88. The highest BCUT2D eigenvalue weighted by Crippen LogP contribution is 2.31. The molecule has 2 heterocycles. The lowest BCUT2D eigenvalue weighted by molar-refractivity contribution is -0.118. The van der Waals surface area contributed by atoms with Crippen LogP contribution in [0.4, 0.5) is 5.69 Å². The normalized spacial score (nSPS) is 18.2. The van der Waals surface area contributed by atoms with Crippen LogP contribution in [0, 0.1) is 0 Å². The number of aryl methyl sites for hydroxylation is 1. The molecule has 0 saturated carbocycles. The van der Waals surface area contributed by atoms with Crippen molar-refractivity contribution < 1.29 is 4.79 Å². The molecule has 0 bridgehead atoms. The first-order valence-electron chi connectivity index (χ1n) is 6.67. The summed E-state index contributed by atoms with van der Waals surface area (Å²) in [7, 11) is 0. The number of thiophene rings is 1. The highest BCUT2D eigenvalue weighted by Gasteiger charge is 2.27. The van der Waals surface area contributed by atoms with E-state index >= 15 is 0 Å². The van der Waals surface area contributed by atoms with Crippen molar-refractivity contribution in [2.75, 3.05) is 4.90 Å². The molecule has 1 amide bonds. The number of para-hydroxylation sites is 1. The summed E-state index contributed by atoms with van der Waals surface area (Å²) in [6, 6.07) is 10.6. The van der Waals surface area contributed by atoms with Gasteiger partial charge in [0.1, 0.15) is 0 Å². The molecular formula is C16H17NOS. The maximum Gasteiger partial charge on any atom is 0.231 e. The zero-order valence-electron chi connectivity index (χ0n) is 11.0. The van der Waals surface area contributed by atoms with Gasteiger partial charge in [0.15, 0.2) is 0 Å². The van der Waals surface area contributed by atoms with Gasteiger partial charge in [0.2, 0.25) is 5.91 Å². The van der Waals surface area contributed by atoms with E-state index in [0.717, 1.165) is 24.1 Å². The summed E-state index contributed by atoms with van der Waals surface area (Å²) < 4.78 is 0. The number of amides is 1. The van der Waals surface area contributed by atoms with Gasteiger partial charge in [0.05, 0.1) is 6.42 Å². The Kier molecular flexibility index (Phi) is 3.38. The average Bonchev–Trinajstić information content (AvgIpc) is 2.91. The largest absolute Gasteiger partial charge is 0.309 e. The van der Waals surface area contributed by atoms with Gasteiger partial charge in [-0.3, -0.25) is 4.79 Å². The molecule has 0 aliphatic carbocycles. The molecule has 1 atom stereocenters. The highest BCUT2D eigenvalue weighted by molar-refractivity contribution is 7.08. The quantitative estimate of drug-likeness (QED) is 0.816. The summed E-state index contributed by atoms with van der Waals surface area (Å²) in [5.74, 6) is 0.207. The van der Waals surface area contributed by atoms with Crippen LogP contribution in [0.3, 0.4) is 0 Å². The minimum absolute atomic E-state index is 0.207. The SMILES string of the molecule is CC1CCc2ccccc2N1C(=O)Cc1ccsc1. The van der Waals surface area contributed by atoms with Gasteiger partial charge in [-0.25, -0.2) is 0 Å². The molecular weight excluding hydrogens is 254 g/mol. The smallest absolute Gasteiger partial charge is 0.231 e. The third kappa shape index (κ3) is 2.43. The molecule has 0 radical (unpaired) electrons. The van der Waals surface area contributed by atoms with Gasteiger partial charge < -0.3 is 4.90 Å². The van der Waals surface area contributed by atoms with Crippen molar-refractivity contribution in [3.63, 3.8) is 0 Å². The predicted molar refractivity (Wildman–Crippen MR) is 79.7 cm³/mol. The van der Waals surface area contributed by atoms with Gasteiger partial charge in [-0.1, -0.05) is 18.2 Å². The van der Waals surface area contributed by atoms with Gasteiger partial charge in [0.25, 0.3) is 0 Å². The first-order chi connectivity index (χ1) is 9.25. The number of benzene rings is 1. The van der Waals surface area contributed by atoms with E-state index < -0.39 is 0 Å². The number of carbonyl (C=O) groups is 1. The number of hydrogen-bond acceptors (Lipinski definition) is 2. The molecule has 3 rings (SSSR count). The fourth-order valence-corrected chi connectivity index (χ4v) is 3.39. The summed E-state index contributed by atoms with van der Waals surface area (Å²) in [6.45, 7) is 2.14. The van der Waals surface area contributed by atoms with Crippen molar-refractivity contribution in [3.05, 3.63) is 52.2 Å². The molecule has 0 fully saturated rings. The Labute approximate surface area is 117 Å². The van der Waals surface area contributed by atoms with Crippen molar-refractivity contribution in [1.29, 1.82) is 0 Å². The molecule has 2 nitrogen and oxygen atoms in total. The molecule has 1 aromatic carbocycles. The van der Waals surface area contributed by atoms with Crippen molar-refractivity contribution >= 4 is 22.9 Å². The van der Waals surface area contributed by atoms with Crippen molar-refractivity contribution in [2.45, 2.75) is 32.2 Å². The summed E-state index contributed by atoms with van der Waals surface area (Å²) in [5.41, 5.74) is 3.51. The summed E-state index contributed by atoms with van der Waals surface area (Å²) >= 11 is 1.64. The second-order valence-corrected chi connectivity index (χ2v) is 5.87. The second kappa shape index (κ2) is 5.17. The van der Waals surface area contributed by atoms with Gasteiger partial charge >= 0.3 is 0 Å². The van der Waals surface area contributed by atoms with E-state index in [1.54, 1.807) is 11.3 Å². The standard InChI is InChI=1S/C16H17NOS/c1-12-6-7-14-4-2-3-5-15(14)17(12)16(18)10-13-8-9-19-11-13/h2-5,8-9,11-12H,6-7,10H2,1H3. The van der Waals surface area contributed by atoms with Crippen molar-refractivity contribution in [1.82, 2.24) is 0 Å². The Morgan fingerprint density at radius 2 is 2.21 bits per heavy atom. The Morgan fingerprint density at radius 3 is 3.00 bits per heavy atom. The van der Waals surface area contributed by atoms with E-state index in [-0.39, 0.29) is 5.91 Å². The molecule has 1 aliphatic rings. The minimum Gasteiger partial charge on any atom is -0.309 e. The summed E-state index contributed by atoms with van der Waals surface area (Å²) in [4.78, 5) is 14.6. The summed E-state index contributed by atoms with van der Waals surface area (Å²) in [6.07, 6.45) is 2.62. The van der Waals surface area contributed by atoms with Gasteiger partial charge in [-0.05, 0) is 53.8 Å². The average molecular weight is 271 g/mol. The van der Waals surface area contributed by atoms with Crippen LogP contribution < -0.4 is 4.90 Å². The lowest BCUT2D eigenvalue weighted by Gasteiger charge is -2.35. The fourth-order valence-electron chi connectivity index (χ4n) is 2.72. The van der Waals surface area contributed by atoms with Gasteiger partial charge in [0, 0.05) is 11.7 Å². The van der Waals surface area contributed by atoms with E-state index in [2.05, 4.69) is 30.5 Å². The zero-order valence-corrected chi connectivity index (χ0v) is 11.8. The van der Waals surface area contributed by atoms with Crippen LogP contribution in [-0.2, 0) is 17.6 Å². The van der Waals surface area contributed by atoms with E-state index in [4.69, 9.17) is 0 Å². The second-order valence-electron chi connectivity index (χ2n) is 5.09. The summed E-state index contributed by atoms with van der Waals surface area (Å²) in [5, 5.41) is 4.08. The molecule has 0 spiro atoms. The van der Waals surface area contributed by atoms with Crippen LogP contribution in [0.2, 0.25) is 0 Å². The topological polar surface area (TPSA) is 20.3 Å². The maximum atomic E-state index is 12.6. The molecule has 0 saturated heterocycles. The number of carbonyl (C=O) groups excluding carboxylic acids is 1. The molecule has 0 N–H and O–H groups in total. The third-order valence-corrected chi connectivity index (χ3v) is 4.46. The Hall–Kier alpha value is -1.61. The number of fused-ring (bicyclic) bond motifs is 1. The Bertz CT molecular complexity index is 576.